The minimum Gasteiger partial charge on any atom is -0.494 e. The molecule has 6 heteroatoms. The molecule has 0 radical (unpaired) electrons. The highest BCUT2D eigenvalue weighted by Gasteiger charge is 2.16. The molecule has 0 N–H and O–H groups in total. The summed E-state index contributed by atoms with van der Waals surface area (Å²) in [7, 11) is 0. The first-order valence-corrected chi connectivity index (χ1v) is 14.5. The van der Waals surface area contributed by atoms with Gasteiger partial charge in [-0.3, -0.25) is 0 Å². The number of carbonyl (C=O) groups is 2. The van der Waals surface area contributed by atoms with E-state index in [1.807, 2.05) is 0 Å². The smallest absolute Gasteiger partial charge is 0.343 e. The van der Waals surface area contributed by atoms with Crippen molar-refractivity contribution in [3.05, 3.63) is 59.4 Å². The molecule has 0 unspecified atom stereocenters. The van der Waals surface area contributed by atoms with Gasteiger partial charge in [-0.15, -0.1) is 0 Å². The van der Waals surface area contributed by atoms with Gasteiger partial charge in [-0.1, -0.05) is 90.9 Å². The zero-order valence-corrected chi connectivity index (χ0v) is 23.3. The molecule has 210 valence electrons. The Morgan fingerprint density at radius 1 is 0.632 bits per heavy atom. The molecule has 0 aliphatic carbocycles. The van der Waals surface area contributed by atoms with Gasteiger partial charge in [0.2, 0.25) is 0 Å². The zero-order valence-electron chi connectivity index (χ0n) is 23.3. The minimum absolute atomic E-state index is 0.0216. The van der Waals surface area contributed by atoms with Crippen LogP contribution in [0.3, 0.4) is 0 Å². The Morgan fingerprint density at radius 2 is 1.16 bits per heavy atom. The van der Waals surface area contributed by atoms with E-state index in [9.17, 15) is 14.0 Å². The van der Waals surface area contributed by atoms with Gasteiger partial charge in [0.05, 0.1) is 24.3 Å². The predicted octanol–water partition coefficient (Wildman–Crippen LogP) is 9.08. The number of carbonyl (C=O) groups excluding carboxylic acids is 2. The summed E-state index contributed by atoms with van der Waals surface area (Å²) in [6.45, 7) is 5.24. The van der Waals surface area contributed by atoms with Crippen molar-refractivity contribution in [1.82, 2.24) is 0 Å². The van der Waals surface area contributed by atoms with Crippen molar-refractivity contribution in [1.29, 1.82) is 0 Å². The first-order valence-electron chi connectivity index (χ1n) is 14.5. The fourth-order valence-electron chi connectivity index (χ4n) is 4.13. The number of hydrogen-bond donors (Lipinski definition) is 0. The lowest BCUT2D eigenvalue weighted by atomic mass is 10.1. The molecule has 0 aliphatic rings. The van der Waals surface area contributed by atoms with Crippen LogP contribution in [-0.2, 0) is 4.74 Å². The highest BCUT2D eigenvalue weighted by molar-refractivity contribution is 5.92. The lowest BCUT2D eigenvalue weighted by Crippen LogP contribution is -2.11. The largest absolute Gasteiger partial charge is 0.494 e. The number of ether oxygens (including phenoxy) is 3. The van der Waals surface area contributed by atoms with Gasteiger partial charge in [0.25, 0.3) is 0 Å². The van der Waals surface area contributed by atoms with Gasteiger partial charge in [0.15, 0.2) is 0 Å². The van der Waals surface area contributed by atoms with Crippen LogP contribution in [0.15, 0.2) is 42.5 Å². The molecule has 0 saturated heterocycles. The number of hydrogen-bond acceptors (Lipinski definition) is 5. The van der Waals surface area contributed by atoms with E-state index in [0.717, 1.165) is 44.6 Å². The summed E-state index contributed by atoms with van der Waals surface area (Å²) >= 11 is 0. The molecule has 38 heavy (non-hydrogen) atoms. The molecule has 0 saturated carbocycles. The summed E-state index contributed by atoms with van der Waals surface area (Å²) < 4.78 is 30.6. The molecule has 2 aromatic rings. The molecule has 2 rings (SSSR count). The average molecular weight is 529 g/mol. The molecular formula is C32H45FO5. The van der Waals surface area contributed by atoms with E-state index in [4.69, 9.17) is 14.2 Å². The molecule has 0 amide bonds. The van der Waals surface area contributed by atoms with Crippen LogP contribution in [0.2, 0.25) is 0 Å². The standard InChI is InChI=1S/C32H45FO5/c1-3-5-7-9-10-11-12-13-14-16-23-36-27-19-17-26(18-20-27)31(34)38-28-21-22-29(30(33)25-28)32(35)37-24-15-8-6-4-2/h17-22,25H,3-16,23-24H2,1-2H3. The Balaban J connectivity index is 1.67. The van der Waals surface area contributed by atoms with Gasteiger partial charge in [-0.2, -0.15) is 0 Å². The van der Waals surface area contributed by atoms with Crippen LogP contribution < -0.4 is 9.47 Å². The molecular weight excluding hydrogens is 483 g/mol. The number of halogens is 1. The highest BCUT2D eigenvalue weighted by Crippen LogP contribution is 2.20. The van der Waals surface area contributed by atoms with Crippen molar-refractivity contribution < 1.29 is 28.2 Å². The molecule has 0 fully saturated rings. The van der Waals surface area contributed by atoms with E-state index in [1.54, 1.807) is 24.3 Å². The van der Waals surface area contributed by atoms with Crippen LogP contribution in [0.1, 0.15) is 124 Å². The van der Waals surface area contributed by atoms with Gasteiger partial charge in [-0.25, -0.2) is 14.0 Å². The molecule has 0 spiro atoms. The van der Waals surface area contributed by atoms with Crippen LogP contribution in [0, 0.1) is 5.82 Å². The van der Waals surface area contributed by atoms with Gasteiger partial charge < -0.3 is 14.2 Å². The maximum atomic E-state index is 14.4. The second kappa shape index (κ2) is 19.2. The third-order valence-electron chi connectivity index (χ3n) is 6.46. The number of esters is 2. The number of rotatable bonds is 20. The van der Waals surface area contributed by atoms with Gasteiger partial charge in [0.1, 0.15) is 17.3 Å². The van der Waals surface area contributed by atoms with E-state index < -0.39 is 17.8 Å². The molecule has 0 heterocycles. The Labute approximate surface area is 228 Å². The average Bonchev–Trinajstić information content (AvgIpc) is 2.92. The molecule has 0 atom stereocenters. The predicted molar refractivity (Wildman–Crippen MR) is 150 cm³/mol. The van der Waals surface area contributed by atoms with Gasteiger partial charge >= 0.3 is 11.9 Å². The summed E-state index contributed by atoms with van der Waals surface area (Å²) in [4.78, 5) is 24.6. The SMILES string of the molecule is CCCCCCCCCCCCOc1ccc(C(=O)Oc2ccc(C(=O)OCCCCCC)c(F)c2)cc1. The number of benzene rings is 2. The normalized spacial score (nSPS) is 10.8. The first kappa shape index (κ1) is 31.3. The van der Waals surface area contributed by atoms with Crippen molar-refractivity contribution in [2.45, 2.75) is 104 Å². The first-order chi connectivity index (χ1) is 18.5. The molecule has 2 aromatic carbocycles. The van der Waals surface area contributed by atoms with E-state index in [1.165, 1.54) is 63.5 Å². The van der Waals surface area contributed by atoms with Crippen molar-refractivity contribution >= 4 is 11.9 Å². The molecule has 5 nitrogen and oxygen atoms in total. The second-order valence-corrected chi connectivity index (χ2v) is 9.78. The van der Waals surface area contributed by atoms with Crippen LogP contribution in [-0.4, -0.2) is 25.2 Å². The fraction of sp³-hybridized carbons (Fsp3) is 0.562. The van der Waals surface area contributed by atoms with Gasteiger partial charge in [0, 0.05) is 6.07 Å². The van der Waals surface area contributed by atoms with Crippen LogP contribution >= 0.6 is 0 Å². The van der Waals surface area contributed by atoms with Crippen LogP contribution in [0.4, 0.5) is 4.39 Å². The number of unbranched alkanes of at least 4 members (excludes halogenated alkanes) is 12. The maximum absolute atomic E-state index is 14.4. The van der Waals surface area contributed by atoms with Crippen LogP contribution in [0.25, 0.3) is 0 Å². The lowest BCUT2D eigenvalue weighted by Gasteiger charge is -2.09. The summed E-state index contributed by atoms with van der Waals surface area (Å²) in [6.07, 6.45) is 16.6. The van der Waals surface area contributed by atoms with Crippen molar-refractivity contribution in [3.8, 4) is 11.5 Å². The third kappa shape index (κ3) is 12.6. The van der Waals surface area contributed by atoms with E-state index >= 15 is 0 Å². The molecule has 0 aromatic heterocycles. The summed E-state index contributed by atoms with van der Waals surface area (Å²) in [6, 6.07) is 10.4. The van der Waals surface area contributed by atoms with Crippen molar-refractivity contribution in [2.24, 2.45) is 0 Å². The molecule has 0 aliphatic heterocycles. The lowest BCUT2D eigenvalue weighted by molar-refractivity contribution is 0.0492. The maximum Gasteiger partial charge on any atom is 0.343 e. The minimum atomic E-state index is -0.787. The Bertz CT molecular complexity index is 941. The van der Waals surface area contributed by atoms with Crippen LogP contribution in [0.5, 0.6) is 11.5 Å². The van der Waals surface area contributed by atoms with Crippen molar-refractivity contribution in [3.63, 3.8) is 0 Å². The zero-order chi connectivity index (χ0) is 27.4. The summed E-state index contributed by atoms with van der Waals surface area (Å²) in [5, 5.41) is 0. The van der Waals surface area contributed by atoms with E-state index in [0.29, 0.717) is 17.9 Å². The third-order valence-corrected chi connectivity index (χ3v) is 6.46. The summed E-state index contributed by atoms with van der Waals surface area (Å²) in [5.41, 5.74) is 0.150. The Morgan fingerprint density at radius 3 is 1.76 bits per heavy atom. The Hall–Kier alpha value is -2.89. The topological polar surface area (TPSA) is 61.8 Å². The summed E-state index contributed by atoms with van der Waals surface area (Å²) in [5.74, 6) is -1.40. The van der Waals surface area contributed by atoms with E-state index in [2.05, 4.69) is 13.8 Å². The highest BCUT2D eigenvalue weighted by atomic mass is 19.1. The molecule has 0 bridgehead atoms. The second-order valence-electron chi connectivity index (χ2n) is 9.78. The quantitative estimate of drug-likeness (QED) is 0.0974. The van der Waals surface area contributed by atoms with Crippen molar-refractivity contribution in [2.75, 3.05) is 13.2 Å². The fourth-order valence-corrected chi connectivity index (χ4v) is 4.13. The monoisotopic (exact) mass is 528 g/mol. The van der Waals surface area contributed by atoms with E-state index in [-0.39, 0.29) is 17.9 Å². The van der Waals surface area contributed by atoms with Gasteiger partial charge in [-0.05, 0) is 49.2 Å². The Kier molecular flexibility index (Phi) is 15.8.